The molecule has 28 heavy (non-hydrogen) atoms. The predicted molar refractivity (Wildman–Crippen MR) is 112 cm³/mol. The van der Waals surface area contributed by atoms with E-state index >= 15 is 0 Å². The number of anilines is 2. The van der Waals surface area contributed by atoms with Crippen LogP contribution in [0.5, 0.6) is 0 Å². The molecule has 0 saturated heterocycles. The molecule has 0 radical (unpaired) electrons. The van der Waals surface area contributed by atoms with E-state index in [9.17, 15) is 9.59 Å². The van der Waals surface area contributed by atoms with Crippen molar-refractivity contribution in [3.8, 4) is 0 Å². The summed E-state index contributed by atoms with van der Waals surface area (Å²) < 4.78 is 0. The third-order valence-electron chi connectivity index (χ3n) is 4.80. The fraction of sp³-hybridized carbons (Fsp3) is 0.500. The van der Waals surface area contributed by atoms with Crippen LogP contribution in [0.15, 0.2) is 18.2 Å². The molecule has 2 N–H and O–H groups in total. The summed E-state index contributed by atoms with van der Waals surface area (Å²) >= 11 is 1.40. The third-order valence-corrected chi connectivity index (χ3v) is 5.78. The minimum atomic E-state index is -0.0976. The molecule has 1 aliphatic rings. The lowest BCUT2D eigenvalue weighted by Crippen LogP contribution is -2.37. The molecular formula is C20H27N5O2S. The van der Waals surface area contributed by atoms with Crippen LogP contribution >= 0.6 is 11.3 Å². The van der Waals surface area contributed by atoms with Crippen molar-refractivity contribution in [2.75, 3.05) is 23.7 Å². The van der Waals surface area contributed by atoms with Gasteiger partial charge in [-0.3, -0.25) is 14.5 Å². The lowest BCUT2D eigenvalue weighted by molar-refractivity contribution is -0.119. The first kappa shape index (κ1) is 20.4. The van der Waals surface area contributed by atoms with Gasteiger partial charge in [-0.05, 0) is 44.2 Å². The van der Waals surface area contributed by atoms with E-state index in [0.29, 0.717) is 30.7 Å². The maximum atomic E-state index is 12.6. The van der Waals surface area contributed by atoms with Crippen molar-refractivity contribution in [1.29, 1.82) is 0 Å². The van der Waals surface area contributed by atoms with Crippen LogP contribution in [0.2, 0.25) is 0 Å². The molecule has 1 heterocycles. The Kier molecular flexibility index (Phi) is 6.74. The van der Waals surface area contributed by atoms with Crippen LogP contribution in [0.4, 0.5) is 10.8 Å². The molecule has 8 heteroatoms. The van der Waals surface area contributed by atoms with Gasteiger partial charge in [0.25, 0.3) is 0 Å². The van der Waals surface area contributed by atoms with Crippen molar-refractivity contribution in [1.82, 2.24) is 15.1 Å². The number of rotatable bonds is 9. The van der Waals surface area contributed by atoms with Crippen LogP contribution in [-0.4, -0.2) is 46.0 Å². The maximum absolute atomic E-state index is 12.6. The fourth-order valence-corrected chi connectivity index (χ4v) is 3.78. The molecule has 1 aliphatic carbocycles. The SMILES string of the molecule is CCc1nnc(NC(=O)CCN(CC(=O)Nc2c(C)cccc2C)C2CC2)s1. The van der Waals surface area contributed by atoms with Crippen LogP contribution < -0.4 is 10.6 Å². The number of carbonyl (C=O) groups excluding carboxylic acids is 2. The van der Waals surface area contributed by atoms with Crippen LogP contribution in [-0.2, 0) is 16.0 Å². The molecule has 150 valence electrons. The van der Waals surface area contributed by atoms with Gasteiger partial charge in [0.1, 0.15) is 5.01 Å². The minimum absolute atomic E-state index is 0.0404. The summed E-state index contributed by atoms with van der Waals surface area (Å²) in [5, 5.41) is 15.2. The summed E-state index contributed by atoms with van der Waals surface area (Å²) in [4.78, 5) is 26.9. The summed E-state index contributed by atoms with van der Waals surface area (Å²) in [5.74, 6) is -0.138. The van der Waals surface area contributed by atoms with E-state index in [1.54, 1.807) is 0 Å². The summed E-state index contributed by atoms with van der Waals surface area (Å²) in [6.07, 6.45) is 3.29. The Morgan fingerprint density at radius 2 is 1.86 bits per heavy atom. The molecular weight excluding hydrogens is 374 g/mol. The number of hydrogen-bond acceptors (Lipinski definition) is 6. The maximum Gasteiger partial charge on any atom is 0.238 e. The van der Waals surface area contributed by atoms with Crippen molar-refractivity contribution >= 4 is 34.0 Å². The molecule has 1 aromatic carbocycles. The number of hydrogen-bond donors (Lipinski definition) is 2. The molecule has 0 spiro atoms. The van der Waals surface area contributed by atoms with E-state index in [1.165, 1.54) is 11.3 Å². The number of para-hydroxylation sites is 1. The first-order valence-corrected chi connectivity index (χ1v) is 10.5. The lowest BCUT2D eigenvalue weighted by Gasteiger charge is -2.21. The highest BCUT2D eigenvalue weighted by Crippen LogP contribution is 2.27. The Morgan fingerprint density at radius 3 is 2.46 bits per heavy atom. The predicted octanol–water partition coefficient (Wildman–Crippen LogP) is 3.15. The summed E-state index contributed by atoms with van der Waals surface area (Å²) in [6.45, 7) is 6.83. The molecule has 0 aliphatic heterocycles. The average Bonchev–Trinajstić information content (AvgIpc) is 3.41. The second kappa shape index (κ2) is 9.25. The molecule has 2 amide bonds. The molecule has 2 aromatic rings. The zero-order valence-corrected chi connectivity index (χ0v) is 17.4. The molecule has 3 rings (SSSR count). The topological polar surface area (TPSA) is 87.2 Å². The molecule has 1 saturated carbocycles. The Bertz CT molecular complexity index is 827. The van der Waals surface area contributed by atoms with E-state index in [2.05, 4.69) is 25.7 Å². The van der Waals surface area contributed by atoms with Gasteiger partial charge >= 0.3 is 0 Å². The van der Waals surface area contributed by atoms with Crippen molar-refractivity contribution < 1.29 is 9.59 Å². The van der Waals surface area contributed by atoms with Gasteiger partial charge in [-0.25, -0.2) is 0 Å². The van der Waals surface area contributed by atoms with Crippen molar-refractivity contribution in [3.05, 3.63) is 34.3 Å². The van der Waals surface area contributed by atoms with Crippen molar-refractivity contribution in [2.45, 2.75) is 52.5 Å². The van der Waals surface area contributed by atoms with Crippen molar-refractivity contribution in [3.63, 3.8) is 0 Å². The van der Waals surface area contributed by atoms with Crippen LogP contribution in [0.1, 0.15) is 42.3 Å². The van der Waals surface area contributed by atoms with Crippen LogP contribution in [0, 0.1) is 13.8 Å². The van der Waals surface area contributed by atoms with Gasteiger partial charge in [-0.2, -0.15) is 0 Å². The second-order valence-electron chi connectivity index (χ2n) is 7.17. The Morgan fingerprint density at radius 1 is 1.14 bits per heavy atom. The van der Waals surface area contributed by atoms with Gasteiger partial charge < -0.3 is 10.6 Å². The number of benzene rings is 1. The number of carbonyl (C=O) groups is 2. The van der Waals surface area contributed by atoms with E-state index in [4.69, 9.17) is 0 Å². The molecule has 0 bridgehead atoms. The normalized spacial score (nSPS) is 13.6. The largest absolute Gasteiger partial charge is 0.324 e. The lowest BCUT2D eigenvalue weighted by atomic mass is 10.1. The quantitative estimate of drug-likeness (QED) is 0.674. The average molecular weight is 402 g/mol. The molecule has 1 aromatic heterocycles. The first-order chi connectivity index (χ1) is 13.5. The van der Waals surface area contributed by atoms with E-state index in [0.717, 1.165) is 41.1 Å². The summed E-state index contributed by atoms with van der Waals surface area (Å²) in [6, 6.07) is 6.35. The standard InChI is InChI=1S/C20H27N5O2S/c1-4-18-23-24-20(28-18)22-16(26)10-11-25(15-8-9-15)12-17(27)21-19-13(2)6-5-7-14(19)3/h5-7,15H,4,8-12H2,1-3H3,(H,21,27)(H,22,24,26). The van der Waals surface area contributed by atoms with Gasteiger partial charge in [0.05, 0.1) is 6.54 Å². The number of amides is 2. The van der Waals surface area contributed by atoms with Gasteiger partial charge in [0, 0.05) is 24.7 Å². The highest BCUT2D eigenvalue weighted by Gasteiger charge is 2.30. The van der Waals surface area contributed by atoms with Gasteiger partial charge in [-0.15, -0.1) is 10.2 Å². The highest BCUT2D eigenvalue weighted by molar-refractivity contribution is 7.15. The zero-order valence-electron chi connectivity index (χ0n) is 16.6. The smallest absolute Gasteiger partial charge is 0.238 e. The highest BCUT2D eigenvalue weighted by atomic mass is 32.1. The fourth-order valence-electron chi connectivity index (χ4n) is 3.08. The summed E-state index contributed by atoms with van der Waals surface area (Å²) in [5.41, 5.74) is 2.98. The molecule has 1 fully saturated rings. The minimum Gasteiger partial charge on any atom is -0.324 e. The zero-order chi connectivity index (χ0) is 20.1. The third kappa shape index (κ3) is 5.59. The first-order valence-electron chi connectivity index (χ1n) is 9.68. The van der Waals surface area contributed by atoms with E-state index in [-0.39, 0.29) is 11.8 Å². The molecule has 0 atom stereocenters. The monoisotopic (exact) mass is 401 g/mol. The number of aromatic nitrogens is 2. The van der Waals surface area contributed by atoms with Gasteiger partial charge in [0.2, 0.25) is 16.9 Å². The van der Waals surface area contributed by atoms with Crippen molar-refractivity contribution in [2.24, 2.45) is 0 Å². The van der Waals surface area contributed by atoms with Gasteiger partial charge in [0.15, 0.2) is 0 Å². The van der Waals surface area contributed by atoms with Crippen LogP contribution in [0.25, 0.3) is 0 Å². The summed E-state index contributed by atoms with van der Waals surface area (Å²) in [7, 11) is 0. The Hall–Kier alpha value is -2.32. The number of nitrogens with zero attached hydrogens (tertiary/aromatic N) is 3. The molecule has 7 nitrogen and oxygen atoms in total. The molecule has 0 unspecified atom stereocenters. The number of nitrogens with one attached hydrogen (secondary N) is 2. The van der Waals surface area contributed by atoms with E-state index in [1.807, 2.05) is 39.0 Å². The number of aryl methyl sites for hydroxylation is 3. The Labute approximate surface area is 169 Å². The second-order valence-corrected chi connectivity index (χ2v) is 8.23. The van der Waals surface area contributed by atoms with Gasteiger partial charge in [-0.1, -0.05) is 36.5 Å². The Balaban J connectivity index is 1.51. The van der Waals surface area contributed by atoms with Crippen LogP contribution in [0.3, 0.4) is 0 Å². The van der Waals surface area contributed by atoms with E-state index < -0.39 is 0 Å².